The topological polar surface area (TPSA) is 89.0 Å². The number of aliphatic hydroxyl groups is 1. The van der Waals surface area contributed by atoms with Gasteiger partial charge < -0.3 is 30.0 Å². The van der Waals surface area contributed by atoms with Gasteiger partial charge in [0, 0.05) is 23.9 Å². The first-order valence-electron chi connectivity index (χ1n) is 7.76. The van der Waals surface area contributed by atoms with Crippen molar-refractivity contribution in [3.8, 4) is 17.2 Å². The molecule has 2 aromatic rings. The molecule has 0 heterocycles. The number of hydrogen-bond donors (Lipinski definition) is 3. The summed E-state index contributed by atoms with van der Waals surface area (Å²) in [7, 11) is 4.35. The zero-order valence-corrected chi connectivity index (χ0v) is 14.7. The van der Waals surface area contributed by atoms with Crippen molar-refractivity contribution in [1.82, 2.24) is 5.32 Å². The van der Waals surface area contributed by atoms with E-state index in [4.69, 9.17) is 14.2 Å². The van der Waals surface area contributed by atoms with Crippen LogP contribution in [0.5, 0.6) is 17.2 Å². The number of aliphatic hydroxyl groups excluding tert-OH is 1. The highest BCUT2D eigenvalue weighted by molar-refractivity contribution is 5.89. The predicted molar refractivity (Wildman–Crippen MR) is 94.5 cm³/mol. The zero-order valence-electron chi connectivity index (χ0n) is 14.7. The number of hydrogen-bond acceptors (Lipinski definition) is 5. The lowest BCUT2D eigenvalue weighted by Crippen LogP contribution is -2.32. The highest BCUT2D eigenvalue weighted by Crippen LogP contribution is 2.29. The van der Waals surface area contributed by atoms with Crippen LogP contribution in [0.2, 0.25) is 0 Å². The first-order valence-corrected chi connectivity index (χ1v) is 7.76. The van der Waals surface area contributed by atoms with Crippen molar-refractivity contribution in [3.05, 3.63) is 47.8 Å². The van der Waals surface area contributed by atoms with Crippen LogP contribution in [-0.4, -0.2) is 39.0 Å². The van der Waals surface area contributed by atoms with E-state index in [0.717, 1.165) is 6.07 Å². The molecule has 1 atom stereocenters. The maximum absolute atomic E-state index is 13.6. The van der Waals surface area contributed by atoms with E-state index >= 15 is 0 Å². The Kier molecular flexibility index (Phi) is 6.62. The maximum atomic E-state index is 13.6. The molecule has 140 valence electrons. The lowest BCUT2D eigenvalue weighted by Gasteiger charge is -2.17. The number of rotatable bonds is 7. The molecule has 0 spiro atoms. The van der Waals surface area contributed by atoms with E-state index in [2.05, 4.69) is 10.6 Å². The SMILES string of the molecule is COc1ccc(OC)c(C(O)CNC(=O)Nc2ccc(OC)c(F)c2)c1. The largest absolute Gasteiger partial charge is 0.497 e. The summed E-state index contributed by atoms with van der Waals surface area (Å²) in [4.78, 5) is 11.9. The highest BCUT2D eigenvalue weighted by Gasteiger charge is 2.16. The fraction of sp³-hybridized carbons (Fsp3) is 0.278. The number of ether oxygens (including phenoxy) is 3. The van der Waals surface area contributed by atoms with Crippen molar-refractivity contribution in [1.29, 1.82) is 0 Å². The van der Waals surface area contributed by atoms with Gasteiger partial charge >= 0.3 is 6.03 Å². The summed E-state index contributed by atoms with van der Waals surface area (Å²) in [6.07, 6.45) is -1.02. The zero-order chi connectivity index (χ0) is 19.1. The molecule has 1 unspecified atom stereocenters. The number of carbonyl (C=O) groups is 1. The average molecular weight is 364 g/mol. The minimum absolute atomic E-state index is 0.0754. The highest BCUT2D eigenvalue weighted by atomic mass is 19.1. The Morgan fingerprint density at radius 3 is 2.38 bits per heavy atom. The third-order valence-corrected chi connectivity index (χ3v) is 3.66. The monoisotopic (exact) mass is 364 g/mol. The molecule has 0 aliphatic carbocycles. The van der Waals surface area contributed by atoms with Crippen LogP contribution in [0.4, 0.5) is 14.9 Å². The molecule has 26 heavy (non-hydrogen) atoms. The van der Waals surface area contributed by atoms with Crippen LogP contribution < -0.4 is 24.8 Å². The van der Waals surface area contributed by atoms with E-state index in [0.29, 0.717) is 17.1 Å². The molecule has 0 aromatic heterocycles. The Morgan fingerprint density at radius 2 is 1.77 bits per heavy atom. The second-order valence-electron chi connectivity index (χ2n) is 5.31. The molecule has 0 radical (unpaired) electrons. The molecule has 0 saturated carbocycles. The lowest BCUT2D eigenvalue weighted by molar-refractivity contribution is 0.170. The number of urea groups is 1. The molecule has 2 rings (SSSR count). The molecule has 0 aliphatic heterocycles. The minimum atomic E-state index is -1.02. The Morgan fingerprint density at radius 1 is 1.08 bits per heavy atom. The first kappa shape index (κ1) is 19.3. The number of carbonyl (C=O) groups excluding carboxylic acids is 1. The average Bonchev–Trinajstić information content (AvgIpc) is 2.65. The number of methoxy groups -OCH3 is 3. The quantitative estimate of drug-likeness (QED) is 0.703. The van der Waals surface area contributed by atoms with Crippen molar-refractivity contribution < 1.29 is 28.5 Å². The Hall–Kier alpha value is -3.00. The van der Waals surface area contributed by atoms with Crippen LogP contribution in [-0.2, 0) is 0 Å². The van der Waals surface area contributed by atoms with Gasteiger partial charge in [-0.25, -0.2) is 9.18 Å². The molecule has 0 fully saturated rings. The number of amides is 2. The van der Waals surface area contributed by atoms with Crippen molar-refractivity contribution in [2.45, 2.75) is 6.10 Å². The third-order valence-electron chi connectivity index (χ3n) is 3.66. The van der Waals surface area contributed by atoms with Crippen LogP contribution in [0.3, 0.4) is 0 Å². The van der Waals surface area contributed by atoms with Gasteiger partial charge in [0.05, 0.1) is 21.3 Å². The summed E-state index contributed by atoms with van der Waals surface area (Å²) in [5.41, 5.74) is 0.733. The van der Waals surface area contributed by atoms with Crippen molar-refractivity contribution in [2.75, 3.05) is 33.2 Å². The minimum Gasteiger partial charge on any atom is -0.497 e. The van der Waals surface area contributed by atoms with Gasteiger partial charge in [-0.05, 0) is 30.3 Å². The fourth-order valence-corrected chi connectivity index (χ4v) is 2.32. The molecule has 2 aromatic carbocycles. The molecule has 0 aliphatic rings. The van der Waals surface area contributed by atoms with Crippen LogP contribution in [0.25, 0.3) is 0 Å². The summed E-state index contributed by atoms with van der Waals surface area (Å²) in [5, 5.41) is 15.3. The van der Waals surface area contributed by atoms with Crippen molar-refractivity contribution in [2.24, 2.45) is 0 Å². The van der Waals surface area contributed by atoms with Gasteiger partial charge in [-0.1, -0.05) is 0 Å². The molecular weight excluding hydrogens is 343 g/mol. The molecule has 0 bridgehead atoms. The summed E-state index contributed by atoms with van der Waals surface area (Å²) >= 11 is 0. The van der Waals surface area contributed by atoms with Gasteiger partial charge in [-0.3, -0.25) is 0 Å². The molecule has 2 amide bonds. The molecule has 7 nitrogen and oxygen atoms in total. The van der Waals surface area contributed by atoms with E-state index in [1.165, 1.54) is 33.5 Å². The Balaban J connectivity index is 1.97. The van der Waals surface area contributed by atoms with Gasteiger partial charge in [0.15, 0.2) is 11.6 Å². The van der Waals surface area contributed by atoms with Gasteiger partial charge in [-0.15, -0.1) is 0 Å². The van der Waals surface area contributed by atoms with Gasteiger partial charge in [0.25, 0.3) is 0 Å². The van der Waals surface area contributed by atoms with Crippen molar-refractivity contribution in [3.63, 3.8) is 0 Å². The predicted octanol–water partition coefficient (Wildman–Crippen LogP) is 2.71. The Bertz CT molecular complexity index is 769. The standard InChI is InChI=1S/C18H21FN2O5/c1-24-12-5-7-16(25-2)13(9-12)15(22)10-20-18(23)21-11-4-6-17(26-3)14(19)8-11/h4-9,15,22H,10H2,1-3H3,(H2,20,21,23). The summed E-state index contributed by atoms with van der Waals surface area (Å²) in [6.45, 7) is -0.0754. The fourth-order valence-electron chi connectivity index (χ4n) is 2.32. The van der Waals surface area contributed by atoms with Crippen LogP contribution >= 0.6 is 0 Å². The second-order valence-corrected chi connectivity index (χ2v) is 5.31. The van der Waals surface area contributed by atoms with E-state index in [9.17, 15) is 14.3 Å². The molecule has 0 saturated heterocycles. The van der Waals surface area contributed by atoms with Gasteiger partial charge in [-0.2, -0.15) is 0 Å². The van der Waals surface area contributed by atoms with Crippen LogP contribution in [0.1, 0.15) is 11.7 Å². The molecule has 3 N–H and O–H groups in total. The van der Waals surface area contributed by atoms with Crippen molar-refractivity contribution >= 4 is 11.7 Å². The van der Waals surface area contributed by atoms with E-state index in [1.54, 1.807) is 18.2 Å². The Labute approximate surface area is 150 Å². The molecule has 8 heteroatoms. The van der Waals surface area contributed by atoms with E-state index in [1.807, 2.05) is 0 Å². The summed E-state index contributed by atoms with van der Waals surface area (Å²) < 4.78 is 28.8. The number of nitrogens with one attached hydrogen (secondary N) is 2. The second kappa shape index (κ2) is 8.91. The summed E-state index contributed by atoms with van der Waals surface area (Å²) in [6, 6.07) is 8.45. The van der Waals surface area contributed by atoms with Crippen LogP contribution in [0, 0.1) is 5.82 Å². The normalized spacial score (nSPS) is 11.4. The van der Waals surface area contributed by atoms with Gasteiger partial charge in [0.2, 0.25) is 0 Å². The molecular formula is C18H21FN2O5. The first-order chi connectivity index (χ1) is 12.5. The number of benzene rings is 2. The lowest BCUT2D eigenvalue weighted by atomic mass is 10.1. The maximum Gasteiger partial charge on any atom is 0.319 e. The van der Waals surface area contributed by atoms with E-state index in [-0.39, 0.29) is 18.0 Å². The number of anilines is 1. The third kappa shape index (κ3) is 4.76. The number of halogens is 1. The smallest absolute Gasteiger partial charge is 0.319 e. The summed E-state index contributed by atoms with van der Waals surface area (Å²) in [5.74, 6) is 0.513. The van der Waals surface area contributed by atoms with Gasteiger partial charge in [0.1, 0.15) is 17.6 Å². The van der Waals surface area contributed by atoms with Crippen LogP contribution in [0.15, 0.2) is 36.4 Å². The van der Waals surface area contributed by atoms with E-state index < -0.39 is 18.0 Å².